The fourth-order valence-electron chi connectivity index (χ4n) is 5.54. The van der Waals surface area contributed by atoms with Gasteiger partial charge in [-0.25, -0.2) is 0 Å². The number of thiocarbonyl (C=S) groups is 1. The van der Waals surface area contributed by atoms with Crippen LogP contribution >= 0.6 is 35.6 Å². The zero-order valence-electron chi connectivity index (χ0n) is 27.7. The molecule has 9 nitrogen and oxygen atoms in total. The first-order valence-corrected chi connectivity index (χ1v) is 17.7. The number of methoxy groups -OCH3 is 1. The Morgan fingerprint density at radius 3 is 2.41 bits per heavy atom. The van der Waals surface area contributed by atoms with E-state index in [-0.39, 0.29) is 36.1 Å². The van der Waals surface area contributed by atoms with Crippen LogP contribution in [-0.4, -0.2) is 90.8 Å². The molecule has 5 rings (SSSR count). The van der Waals surface area contributed by atoms with Crippen LogP contribution in [0.25, 0.3) is 17.2 Å². The second kappa shape index (κ2) is 17.6. The van der Waals surface area contributed by atoms with E-state index in [4.69, 9.17) is 47.9 Å². The van der Waals surface area contributed by atoms with Crippen LogP contribution in [0.5, 0.6) is 17.2 Å². The van der Waals surface area contributed by atoms with Crippen LogP contribution in [0, 0.1) is 0 Å². The summed E-state index contributed by atoms with van der Waals surface area (Å²) in [6, 6.07) is 13.0. The summed E-state index contributed by atoms with van der Waals surface area (Å²) in [4.78, 5) is 28.8. The number of benzene rings is 3. The van der Waals surface area contributed by atoms with Crippen molar-refractivity contribution in [1.82, 2.24) is 9.80 Å². The van der Waals surface area contributed by atoms with E-state index < -0.39 is 17.7 Å². The Bertz CT molecular complexity index is 1780. The van der Waals surface area contributed by atoms with Crippen molar-refractivity contribution in [2.24, 2.45) is 0 Å². The maximum absolute atomic E-state index is 13.6. The SMILES string of the molecule is COc1ccc(CC(=O)O)cc1OCCCN1C(=O)C(=Cc2cc(-c3cc(C(F)(F)F)ccc3Cl)ccc2OCCCN2CCOCC2)SC1=S. The second-order valence-corrected chi connectivity index (χ2v) is 13.8. The molecule has 0 aliphatic carbocycles. The topological polar surface area (TPSA) is 97.8 Å². The summed E-state index contributed by atoms with van der Waals surface area (Å²) >= 11 is 13.0. The molecular weight excluding hydrogens is 729 g/mol. The molecule has 1 N–H and O–H groups in total. The van der Waals surface area contributed by atoms with Crippen molar-refractivity contribution in [3.63, 3.8) is 0 Å². The van der Waals surface area contributed by atoms with Gasteiger partial charge in [0.05, 0.1) is 50.4 Å². The third-order valence-electron chi connectivity index (χ3n) is 8.12. The Kier molecular flexibility index (Phi) is 13.3. The minimum absolute atomic E-state index is 0.146. The van der Waals surface area contributed by atoms with Gasteiger partial charge >= 0.3 is 12.1 Å². The number of nitrogens with zero attached hydrogens (tertiary/aromatic N) is 2. The third-order valence-corrected chi connectivity index (χ3v) is 9.83. The average Bonchev–Trinajstić information content (AvgIpc) is 3.36. The molecule has 0 radical (unpaired) electrons. The Hall–Kier alpha value is -3.82. The molecule has 2 saturated heterocycles. The molecule has 0 spiro atoms. The van der Waals surface area contributed by atoms with Crippen LogP contribution in [0.1, 0.15) is 29.5 Å². The molecule has 2 aliphatic heterocycles. The summed E-state index contributed by atoms with van der Waals surface area (Å²) in [5.74, 6) is 0.000714. The van der Waals surface area contributed by atoms with Gasteiger partial charge in [0.2, 0.25) is 0 Å². The van der Waals surface area contributed by atoms with Gasteiger partial charge in [-0.1, -0.05) is 47.7 Å². The van der Waals surface area contributed by atoms with Crippen molar-refractivity contribution in [3.8, 4) is 28.4 Å². The van der Waals surface area contributed by atoms with E-state index in [1.54, 1.807) is 42.5 Å². The predicted molar refractivity (Wildman–Crippen MR) is 194 cm³/mol. The average molecular weight is 765 g/mol. The highest BCUT2D eigenvalue weighted by molar-refractivity contribution is 8.26. The van der Waals surface area contributed by atoms with E-state index in [0.29, 0.717) is 69.4 Å². The van der Waals surface area contributed by atoms with Crippen LogP contribution in [0.3, 0.4) is 0 Å². The molecular formula is C36H36ClF3N2O7S2. The number of carbonyl (C=O) groups excluding carboxylic acids is 1. The molecule has 0 bridgehead atoms. The number of thioether (sulfide) groups is 1. The quantitative estimate of drug-likeness (QED) is 0.0957. The number of morpholine rings is 1. The Morgan fingerprint density at radius 2 is 1.71 bits per heavy atom. The molecule has 15 heteroatoms. The van der Waals surface area contributed by atoms with Gasteiger partial charge in [-0.3, -0.25) is 19.4 Å². The Balaban J connectivity index is 1.31. The standard InChI is InChI=1S/C36H36ClF3N2O7S2/c1-46-30-8-4-23(19-33(43)44)18-31(30)49-15-3-11-42-34(45)32(51-35(42)50)21-25-20-24(27-22-26(36(38,39)40)6-7-28(27)37)5-9-29(25)48-14-2-10-41-12-16-47-17-13-41/h4-9,18,20-22H,2-3,10-17,19H2,1H3,(H,43,44). The van der Waals surface area contributed by atoms with E-state index in [2.05, 4.69) is 4.90 Å². The highest BCUT2D eigenvalue weighted by atomic mass is 35.5. The summed E-state index contributed by atoms with van der Waals surface area (Å²) in [6.45, 7) is 4.72. The number of hydrogen-bond donors (Lipinski definition) is 1. The van der Waals surface area contributed by atoms with Crippen molar-refractivity contribution in [2.45, 2.75) is 25.4 Å². The molecule has 0 atom stereocenters. The van der Waals surface area contributed by atoms with Crippen LogP contribution in [-0.2, 0) is 26.9 Å². The Morgan fingerprint density at radius 1 is 1.00 bits per heavy atom. The molecule has 3 aromatic rings. The molecule has 0 saturated carbocycles. The minimum atomic E-state index is -4.55. The number of carboxylic acids is 1. The molecule has 1 amide bonds. The Labute approximate surface area is 308 Å². The van der Waals surface area contributed by atoms with E-state index in [9.17, 15) is 22.8 Å². The van der Waals surface area contributed by atoms with Gasteiger partial charge < -0.3 is 24.1 Å². The third kappa shape index (κ3) is 10.4. The summed E-state index contributed by atoms with van der Waals surface area (Å²) in [6.07, 6.45) is -1.94. The van der Waals surface area contributed by atoms with Gasteiger partial charge in [0.15, 0.2) is 11.5 Å². The second-order valence-electron chi connectivity index (χ2n) is 11.7. The number of hydrogen-bond acceptors (Lipinski definition) is 9. The van der Waals surface area contributed by atoms with Crippen LogP contribution in [0.15, 0.2) is 59.5 Å². The highest BCUT2D eigenvalue weighted by Crippen LogP contribution is 2.39. The van der Waals surface area contributed by atoms with Crippen LogP contribution in [0.4, 0.5) is 13.2 Å². The number of carbonyl (C=O) groups is 2. The van der Waals surface area contributed by atoms with Crippen LogP contribution in [0.2, 0.25) is 5.02 Å². The van der Waals surface area contributed by atoms with E-state index in [1.807, 2.05) is 0 Å². The number of rotatable bonds is 15. The first-order valence-electron chi connectivity index (χ1n) is 16.1. The van der Waals surface area contributed by atoms with Gasteiger partial charge in [0, 0.05) is 42.3 Å². The summed E-state index contributed by atoms with van der Waals surface area (Å²) in [5.41, 5.74) is 0.832. The van der Waals surface area contributed by atoms with Crippen molar-refractivity contribution in [3.05, 3.63) is 81.2 Å². The van der Waals surface area contributed by atoms with Crippen molar-refractivity contribution < 1.29 is 46.8 Å². The molecule has 3 aromatic carbocycles. The predicted octanol–water partition coefficient (Wildman–Crippen LogP) is 7.43. The smallest absolute Gasteiger partial charge is 0.416 e. The number of ether oxygens (including phenoxy) is 4. The minimum Gasteiger partial charge on any atom is -0.493 e. The number of halogens is 4. The summed E-state index contributed by atoms with van der Waals surface area (Å²) < 4.78 is 63.8. The van der Waals surface area contributed by atoms with Gasteiger partial charge in [-0.2, -0.15) is 13.2 Å². The van der Waals surface area contributed by atoms with Gasteiger partial charge in [0.25, 0.3) is 5.91 Å². The van der Waals surface area contributed by atoms with Crippen molar-refractivity contribution in [2.75, 3.05) is 59.7 Å². The fraction of sp³-hybridized carbons (Fsp3) is 0.361. The maximum Gasteiger partial charge on any atom is 0.416 e. The molecule has 0 unspecified atom stereocenters. The maximum atomic E-state index is 13.6. The molecule has 51 heavy (non-hydrogen) atoms. The van der Waals surface area contributed by atoms with Gasteiger partial charge in [-0.15, -0.1) is 0 Å². The lowest BCUT2D eigenvalue weighted by Crippen LogP contribution is -2.37. The lowest BCUT2D eigenvalue weighted by Gasteiger charge is -2.26. The molecule has 272 valence electrons. The zero-order chi connectivity index (χ0) is 36.5. The first-order chi connectivity index (χ1) is 24.4. The fourth-order valence-corrected chi connectivity index (χ4v) is 7.06. The first kappa shape index (κ1) is 38.4. The highest BCUT2D eigenvalue weighted by Gasteiger charge is 2.33. The van der Waals surface area contributed by atoms with Crippen molar-refractivity contribution >= 4 is 57.9 Å². The molecule has 2 fully saturated rings. The van der Waals surface area contributed by atoms with Crippen molar-refractivity contribution in [1.29, 1.82) is 0 Å². The van der Waals surface area contributed by atoms with Crippen LogP contribution < -0.4 is 14.2 Å². The lowest BCUT2D eigenvalue weighted by atomic mass is 9.99. The number of aliphatic carboxylic acids is 1. The monoisotopic (exact) mass is 764 g/mol. The van der Waals surface area contributed by atoms with E-state index in [0.717, 1.165) is 49.9 Å². The van der Waals surface area contributed by atoms with Gasteiger partial charge in [-0.05, 0) is 72.5 Å². The largest absolute Gasteiger partial charge is 0.493 e. The number of amides is 1. The molecule has 0 aromatic heterocycles. The zero-order valence-corrected chi connectivity index (χ0v) is 30.1. The lowest BCUT2D eigenvalue weighted by molar-refractivity contribution is -0.138. The molecule has 2 aliphatic rings. The molecule has 2 heterocycles. The van der Waals surface area contributed by atoms with Gasteiger partial charge in [0.1, 0.15) is 10.1 Å². The van der Waals surface area contributed by atoms with E-state index >= 15 is 0 Å². The van der Waals surface area contributed by atoms with E-state index in [1.165, 1.54) is 18.1 Å². The number of carboxylic acid groups (broad SMARTS) is 1. The normalized spacial score (nSPS) is 16.2. The summed E-state index contributed by atoms with van der Waals surface area (Å²) in [7, 11) is 1.48. The number of alkyl halides is 3. The summed E-state index contributed by atoms with van der Waals surface area (Å²) in [5, 5.41) is 9.27.